The zero-order valence-corrected chi connectivity index (χ0v) is 11.6. The van der Waals surface area contributed by atoms with E-state index in [1.807, 2.05) is 18.2 Å². The highest BCUT2D eigenvalue weighted by molar-refractivity contribution is 5.24. The molecule has 0 amide bonds. The van der Waals surface area contributed by atoms with Crippen LogP contribution in [0.25, 0.3) is 0 Å². The third kappa shape index (κ3) is 5.99. The second-order valence-corrected chi connectivity index (χ2v) is 4.82. The summed E-state index contributed by atoms with van der Waals surface area (Å²) >= 11 is 0. The molecule has 2 nitrogen and oxygen atoms in total. The maximum Gasteiger partial charge on any atom is 0.0190 e. The summed E-state index contributed by atoms with van der Waals surface area (Å²) in [6.45, 7) is 15.5. The fourth-order valence-corrected chi connectivity index (χ4v) is 2.14. The Morgan fingerprint density at radius 2 is 2.11 bits per heavy atom. The van der Waals surface area contributed by atoms with Crippen LogP contribution in [0, 0.1) is 0 Å². The van der Waals surface area contributed by atoms with Gasteiger partial charge in [-0.15, -0.1) is 0 Å². The summed E-state index contributed by atoms with van der Waals surface area (Å²) in [7, 11) is 0. The number of allylic oxidation sites excluding steroid dienone is 5. The van der Waals surface area contributed by atoms with Gasteiger partial charge in [-0.25, -0.2) is 0 Å². The van der Waals surface area contributed by atoms with Crippen LogP contribution in [-0.4, -0.2) is 37.6 Å². The molecular weight excluding hydrogens is 220 g/mol. The van der Waals surface area contributed by atoms with Crippen molar-refractivity contribution >= 4 is 0 Å². The molecule has 18 heavy (non-hydrogen) atoms. The van der Waals surface area contributed by atoms with Gasteiger partial charge in [0.25, 0.3) is 0 Å². The van der Waals surface area contributed by atoms with E-state index in [0.717, 1.165) is 32.6 Å². The maximum atomic E-state index is 3.82. The van der Waals surface area contributed by atoms with E-state index >= 15 is 0 Å². The van der Waals surface area contributed by atoms with Gasteiger partial charge < -0.3 is 5.32 Å². The van der Waals surface area contributed by atoms with Gasteiger partial charge in [-0.1, -0.05) is 43.0 Å². The van der Waals surface area contributed by atoms with E-state index in [9.17, 15) is 0 Å². The van der Waals surface area contributed by atoms with Crippen molar-refractivity contribution in [3.63, 3.8) is 0 Å². The van der Waals surface area contributed by atoms with Gasteiger partial charge in [0.15, 0.2) is 0 Å². The Kier molecular flexibility index (Phi) is 7.38. The smallest absolute Gasteiger partial charge is 0.0190 e. The fraction of sp³-hybridized carbons (Fsp3) is 0.500. The molecular formula is C16H26N2. The van der Waals surface area contributed by atoms with Crippen LogP contribution >= 0.6 is 0 Å². The van der Waals surface area contributed by atoms with E-state index in [1.54, 1.807) is 0 Å². The molecule has 0 atom stereocenters. The van der Waals surface area contributed by atoms with Crippen LogP contribution < -0.4 is 5.32 Å². The number of nitrogens with zero attached hydrogens (tertiary/aromatic N) is 1. The lowest BCUT2D eigenvalue weighted by Gasteiger charge is -2.19. The molecule has 0 aliphatic carbocycles. The largest absolute Gasteiger partial charge is 0.315 e. The van der Waals surface area contributed by atoms with E-state index in [0.29, 0.717) is 0 Å². The van der Waals surface area contributed by atoms with Gasteiger partial charge >= 0.3 is 0 Å². The highest BCUT2D eigenvalue weighted by Crippen LogP contribution is 2.08. The molecule has 0 spiro atoms. The Bertz CT molecular complexity index is 318. The molecule has 0 aromatic carbocycles. The summed E-state index contributed by atoms with van der Waals surface area (Å²) < 4.78 is 0. The number of rotatable bonds is 6. The van der Waals surface area contributed by atoms with Crippen LogP contribution in [0.3, 0.4) is 0 Å². The average Bonchev–Trinajstić information content (AvgIpc) is 2.63. The van der Waals surface area contributed by atoms with Crippen molar-refractivity contribution in [3.05, 3.63) is 48.6 Å². The first-order valence-electron chi connectivity index (χ1n) is 6.79. The van der Waals surface area contributed by atoms with Crippen molar-refractivity contribution in [2.24, 2.45) is 0 Å². The number of hydrogen-bond acceptors (Lipinski definition) is 2. The first kappa shape index (κ1) is 14.9. The molecule has 1 N–H and O–H groups in total. The molecule has 1 aliphatic rings. The molecule has 1 saturated heterocycles. The standard InChI is InChI=1S/C16H26N2/c1-4-7-16(5-2)9-8-15(3)14-18-12-6-10-17-11-13-18/h4-5,7-8,17H,1-2,6,9-14H2,3H3/b15-8?,16-7+. The van der Waals surface area contributed by atoms with Gasteiger partial charge in [0, 0.05) is 19.6 Å². The Morgan fingerprint density at radius 1 is 1.28 bits per heavy atom. The Labute approximate surface area is 112 Å². The molecule has 0 radical (unpaired) electrons. The van der Waals surface area contributed by atoms with Crippen LogP contribution in [0.5, 0.6) is 0 Å². The summed E-state index contributed by atoms with van der Waals surface area (Å²) in [5.41, 5.74) is 2.66. The molecule has 1 fully saturated rings. The lowest BCUT2D eigenvalue weighted by atomic mass is 10.1. The molecule has 0 unspecified atom stereocenters. The Morgan fingerprint density at radius 3 is 2.83 bits per heavy atom. The minimum atomic E-state index is 0.952. The second kappa shape index (κ2) is 8.90. The maximum absolute atomic E-state index is 3.82. The normalized spacial score (nSPS) is 19.4. The lowest BCUT2D eigenvalue weighted by Crippen LogP contribution is -2.29. The van der Waals surface area contributed by atoms with Crippen molar-refractivity contribution in [2.45, 2.75) is 19.8 Å². The Hall–Kier alpha value is -1.12. The van der Waals surface area contributed by atoms with Crippen molar-refractivity contribution < 1.29 is 0 Å². The van der Waals surface area contributed by atoms with Gasteiger partial charge in [0.2, 0.25) is 0 Å². The van der Waals surface area contributed by atoms with Gasteiger partial charge in [-0.2, -0.15) is 0 Å². The summed E-state index contributed by atoms with van der Waals surface area (Å²) in [5.74, 6) is 0. The van der Waals surface area contributed by atoms with Crippen LogP contribution in [-0.2, 0) is 0 Å². The topological polar surface area (TPSA) is 15.3 Å². The average molecular weight is 246 g/mol. The van der Waals surface area contributed by atoms with Crippen LogP contribution in [0.1, 0.15) is 19.8 Å². The third-order valence-electron chi connectivity index (χ3n) is 3.19. The molecule has 1 rings (SSSR count). The SMILES string of the molecule is C=C/C=C(\C=C)CC=C(C)CN1CCCNCC1. The van der Waals surface area contributed by atoms with E-state index in [4.69, 9.17) is 0 Å². The van der Waals surface area contributed by atoms with Crippen molar-refractivity contribution in [1.29, 1.82) is 0 Å². The summed E-state index contributed by atoms with van der Waals surface area (Å²) in [6, 6.07) is 0. The van der Waals surface area contributed by atoms with Crippen LogP contribution in [0.4, 0.5) is 0 Å². The minimum absolute atomic E-state index is 0.952. The van der Waals surface area contributed by atoms with E-state index in [-0.39, 0.29) is 0 Å². The zero-order valence-electron chi connectivity index (χ0n) is 11.6. The zero-order chi connectivity index (χ0) is 13.2. The minimum Gasteiger partial charge on any atom is -0.315 e. The van der Waals surface area contributed by atoms with E-state index < -0.39 is 0 Å². The van der Waals surface area contributed by atoms with Gasteiger partial charge in [0.1, 0.15) is 0 Å². The first-order valence-corrected chi connectivity index (χ1v) is 6.79. The highest BCUT2D eigenvalue weighted by Gasteiger charge is 2.08. The predicted octanol–water partition coefficient (Wildman–Crippen LogP) is 2.92. The second-order valence-electron chi connectivity index (χ2n) is 4.82. The molecule has 100 valence electrons. The van der Waals surface area contributed by atoms with Gasteiger partial charge in [0.05, 0.1) is 0 Å². The number of hydrogen-bond donors (Lipinski definition) is 1. The molecule has 0 bridgehead atoms. The van der Waals surface area contributed by atoms with Crippen molar-refractivity contribution in [3.8, 4) is 0 Å². The quantitative estimate of drug-likeness (QED) is 0.572. The molecule has 0 aromatic rings. The van der Waals surface area contributed by atoms with Crippen LogP contribution in [0.15, 0.2) is 48.6 Å². The number of nitrogens with one attached hydrogen (secondary N) is 1. The fourth-order valence-electron chi connectivity index (χ4n) is 2.14. The predicted molar refractivity (Wildman–Crippen MR) is 80.8 cm³/mol. The molecule has 1 heterocycles. The third-order valence-corrected chi connectivity index (χ3v) is 3.19. The van der Waals surface area contributed by atoms with Crippen molar-refractivity contribution in [2.75, 3.05) is 32.7 Å². The monoisotopic (exact) mass is 246 g/mol. The van der Waals surface area contributed by atoms with Gasteiger partial charge in [-0.3, -0.25) is 4.90 Å². The molecule has 0 saturated carbocycles. The molecule has 0 aromatic heterocycles. The lowest BCUT2D eigenvalue weighted by molar-refractivity contribution is 0.317. The van der Waals surface area contributed by atoms with Crippen LogP contribution in [0.2, 0.25) is 0 Å². The first-order chi connectivity index (χ1) is 8.76. The molecule has 1 aliphatic heterocycles. The van der Waals surface area contributed by atoms with E-state index in [2.05, 4.69) is 36.4 Å². The molecule has 2 heteroatoms. The Balaban J connectivity index is 2.42. The summed E-state index contributed by atoms with van der Waals surface area (Å²) in [6.07, 6.45) is 10.2. The summed E-state index contributed by atoms with van der Waals surface area (Å²) in [5, 5.41) is 3.43. The summed E-state index contributed by atoms with van der Waals surface area (Å²) in [4.78, 5) is 2.52. The van der Waals surface area contributed by atoms with E-state index in [1.165, 1.54) is 24.1 Å². The van der Waals surface area contributed by atoms with Crippen molar-refractivity contribution in [1.82, 2.24) is 10.2 Å². The highest BCUT2D eigenvalue weighted by atomic mass is 15.1. The van der Waals surface area contributed by atoms with Gasteiger partial charge in [-0.05, 0) is 38.4 Å².